The Morgan fingerprint density at radius 2 is 2.30 bits per heavy atom. The molecule has 1 unspecified atom stereocenters. The fraction of sp³-hybridized carbons (Fsp3) is 0.667. The van der Waals surface area contributed by atoms with Crippen molar-refractivity contribution >= 4 is 11.6 Å². The van der Waals surface area contributed by atoms with Crippen LogP contribution in [0, 0.1) is 0 Å². The maximum atomic E-state index is 12.6. The van der Waals surface area contributed by atoms with E-state index in [2.05, 4.69) is 6.92 Å². The van der Waals surface area contributed by atoms with Gasteiger partial charge in [-0.05, 0) is 32.3 Å². The first-order valence-corrected chi connectivity index (χ1v) is 7.52. The average molecular weight is 279 g/mol. The van der Waals surface area contributed by atoms with Crippen LogP contribution in [0.25, 0.3) is 0 Å². The molecule has 1 saturated heterocycles. The van der Waals surface area contributed by atoms with Crippen LogP contribution >= 0.6 is 0 Å². The van der Waals surface area contributed by atoms with Crippen molar-refractivity contribution < 1.29 is 9.53 Å². The Balaban J connectivity index is 2.04. The molecule has 1 aromatic heterocycles. The minimum atomic E-state index is 0.0633. The number of likely N-dealkylation sites (tertiary alicyclic amines) is 1. The Morgan fingerprint density at radius 1 is 1.50 bits per heavy atom. The van der Waals surface area contributed by atoms with Crippen molar-refractivity contribution in [1.29, 1.82) is 0 Å². The number of aromatic nitrogens is 1. The smallest absolute Gasteiger partial charge is 0.270 e. The molecule has 20 heavy (non-hydrogen) atoms. The third-order valence-corrected chi connectivity index (χ3v) is 3.70. The van der Waals surface area contributed by atoms with Crippen LogP contribution in [0.2, 0.25) is 0 Å². The molecule has 0 bridgehead atoms. The predicted molar refractivity (Wildman–Crippen MR) is 79.7 cm³/mol. The molecule has 1 aliphatic rings. The number of amides is 1. The monoisotopic (exact) mass is 279 g/mol. The molecule has 1 aromatic rings. The van der Waals surface area contributed by atoms with Gasteiger partial charge in [-0.25, -0.2) is 0 Å². The summed E-state index contributed by atoms with van der Waals surface area (Å²) in [7, 11) is 0. The highest BCUT2D eigenvalue weighted by Gasteiger charge is 2.26. The Hall–Kier alpha value is -1.49. The molecule has 5 heteroatoms. The number of anilines is 1. The minimum Gasteiger partial charge on any atom is -0.397 e. The lowest BCUT2D eigenvalue weighted by molar-refractivity contribution is 0.00178. The van der Waals surface area contributed by atoms with Crippen molar-refractivity contribution in [2.45, 2.75) is 45.8 Å². The molecule has 112 valence electrons. The number of nitrogens with zero attached hydrogens (tertiary/aromatic N) is 2. The van der Waals surface area contributed by atoms with Gasteiger partial charge in [-0.15, -0.1) is 0 Å². The van der Waals surface area contributed by atoms with E-state index in [4.69, 9.17) is 10.5 Å². The summed E-state index contributed by atoms with van der Waals surface area (Å²) in [6.45, 7) is 7.13. The van der Waals surface area contributed by atoms with E-state index < -0.39 is 0 Å². The summed E-state index contributed by atoms with van der Waals surface area (Å²) in [5, 5.41) is 0. The van der Waals surface area contributed by atoms with Gasteiger partial charge in [-0.2, -0.15) is 0 Å². The number of rotatable bonds is 5. The summed E-state index contributed by atoms with van der Waals surface area (Å²) in [4.78, 5) is 14.5. The maximum absolute atomic E-state index is 12.6. The molecule has 2 rings (SSSR count). The second-order valence-corrected chi connectivity index (χ2v) is 5.33. The lowest BCUT2D eigenvalue weighted by Gasteiger charge is -2.32. The summed E-state index contributed by atoms with van der Waals surface area (Å²) in [6.07, 6.45) is 5.06. The molecule has 0 spiro atoms. The zero-order valence-corrected chi connectivity index (χ0v) is 12.5. The van der Waals surface area contributed by atoms with Crippen LogP contribution in [-0.2, 0) is 11.3 Å². The van der Waals surface area contributed by atoms with Crippen LogP contribution in [0.5, 0.6) is 0 Å². The van der Waals surface area contributed by atoms with Crippen LogP contribution in [0.1, 0.15) is 43.6 Å². The van der Waals surface area contributed by atoms with E-state index in [1.165, 1.54) is 0 Å². The number of carbonyl (C=O) groups excluding carboxylic acids is 1. The molecule has 2 heterocycles. The van der Waals surface area contributed by atoms with Crippen molar-refractivity contribution in [2.24, 2.45) is 0 Å². The van der Waals surface area contributed by atoms with E-state index in [9.17, 15) is 4.79 Å². The first-order valence-electron chi connectivity index (χ1n) is 7.52. The van der Waals surface area contributed by atoms with Crippen molar-refractivity contribution in [3.8, 4) is 0 Å². The summed E-state index contributed by atoms with van der Waals surface area (Å²) in [5.74, 6) is 0.0633. The Kier molecular flexibility index (Phi) is 5.06. The highest BCUT2D eigenvalue weighted by molar-refractivity contribution is 5.94. The molecule has 1 aliphatic heterocycles. The van der Waals surface area contributed by atoms with Gasteiger partial charge in [0, 0.05) is 32.4 Å². The zero-order valence-electron chi connectivity index (χ0n) is 12.5. The van der Waals surface area contributed by atoms with E-state index in [1.54, 1.807) is 6.07 Å². The number of hydrogen-bond donors (Lipinski definition) is 1. The van der Waals surface area contributed by atoms with Crippen LogP contribution in [0.4, 0.5) is 5.69 Å². The van der Waals surface area contributed by atoms with Gasteiger partial charge in [0.15, 0.2) is 0 Å². The highest BCUT2D eigenvalue weighted by Crippen LogP contribution is 2.18. The largest absolute Gasteiger partial charge is 0.397 e. The van der Waals surface area contributed by atoms with Crippen molar-refractivity contribution in [3.63, 3.8) is 0 Å². The summed E-state index contributed by atoms with van der Waals surface area (Å²) < 4.78 is 7.70. The first kappa shape index (κ1) is 14.9. The maximum Gasteiger partial charge on any atom is 0.270 e. The van der Waals surface area contributed by atoms with Gasteiger partial charge in [-0.3, -0.25) is 4.79 Å². The van der Waals surface area contributed by atoms with Gasteiger partial charge < -0.3 is 19.9 Å². The van der Waals surface area contributed by atoms with Crippen LogP contribution in [0.15, 0.2) is 12.3 Å². The fourth-order valence-corrected chi connectivity index (χ4v) is 2.68. The number of hydrogen-bond acceptors (Lipinski definition) is 3. The van der Waals surface area contributed by atoms with Gasteiger partial charge in [0.25, 0.3) is 5.91 Å². The third kappa shape index (κ3) is 3.33. The number of carbonyl (C=O) groups is 1. The van der Waals surface area contributed by atoms with Gasteiger partial charge in [0.2, 0.25) is 0 Å². The quantitative estimate of drug-likeness (QED) is 0.898. The van der Waals surface area contributed by atoms with Crippen molar-refractivity contribution in [2.75, 3.05) is 25.4 Å². The Bertz CT molecular complexity index is 456. The lowest BCUT2D eigenvalue weighted by atomic mass is 10.1. The number of aryl methyl sites for hydroxylation is 1. The molecule has 0 aromatic carbocycles. The lowest BCUT2D eigenvalue weighted by Crippen LogP contribution is -2.43. The predicted octanol–water partition coefficient (Wildman–Crippen LogP) is 2.12. The second-order valence-electron chi connectivity index (χ2n) is 5.33. The van der Waals surface area contributed by atoms with Crippen molar-refractivity contribution in [1.82, 2.24) is 9.47 Å². The minimum absolute atomic E-state index is 0.0633. The molecular weight excluding hydrogens is 254 g/mol. The summed E-state index contributed by atoms with van der Waals surface area (Å²) >= 11 is 0. The molecule has 1 amide bonds. The van der Waals surface area contributed by atoms with Crippen LogP contribution in [-0.4, -0.2) is 41.2 Å². The molecule has 2 N–H and O–H groups in total. The van der Waals surface area contributed by atoms with Crippen LogP contribution < -0.4 is 5.73 Å². The van der Waals surface area contributed by atoms with Gasteiger partial charge in [-0.1, -0.05) is 6.92 Å². The SMILES string of the molecule is CCCOC1CCCN(C(=O)c2cc(N)cn2CC)C1. The number of piperidine rings is 1. The standard InChI is InChI=1S/C15H25N3O2/c1-3-8-20-13-6-5-7-18(11-13)15(19)14-9-12(16)10-17(14)4-2/h9-10,13H,3-8,11,16H2,1-2H3. The first-order chi connectivity index (χ1) is 9.65. The number of nitrogens with two attached hydrogens (primary N) is 1. The normalized spacial score (nSPS) is 19.3. The molecule has 5 nitrogen and oxygen atoms in total. The van der Waals surface area contributed by atoms with E-state index >= 15 is 0 Å². The Morgan fingerprint density at radius 3 is 3.00 bits per heavy atom. The summed E-state index contributed by atoms with van der Waals surface area (Å²) in [6, 6.07) is 1.77. The molecule has 0 radical (unpaired) electrons. The van der Waals surface area contributed by atoms with Gasteiger partial charge in [0.1, 0.15) is 5.69 Å². The van der Waals surface area contributed by atoms with E-state index in [0.29, 0.717) is 17.9 Å². The topological polar surface area (TPSA) is 60.5 Å². The van der Waals surface area contributed by atoms with E-state index in [1.807, 2.05) is 22.6 Å². The fourth-order valence-electron chi connectivity index (χ4n) is 2.68. The molecular formula is C15H25N3O2. The molecule has 0 aliphatic carbocycles. The second kappa shape index (κ2) is 6.79. The zero-order chi connectivity index (χ0) is 14.5. The highest BCUT2D eigenvalue weighted by atomic mass is 16.5. The molecule has 1 atom stereocenters. The van der Waals surface area contributed by atoms with Gasteiger partial charge in [0.05, 0.1) is 11.8 Å². The van der Waals surface area contributed by atoms with E-state index in [-0.39, 0.29) is 12.0 Å². The third-order valence-electron chi connectivity index (χ3n) is 3.70. The number of nitrogen functional groups attached to an aromatic ring is 1. The molecule has 1 fully saturated rings. The number of ether oxygens (including phenoxy) is 1. The van der Waals surface area contributed by atoms with Crippen molar-refractivity contribution in [3.05, 3.63) is 18.0 Å². The van der Waals surface area contributed by atoms with Gasteiger partial charge >= 0.3 is 0 Å². The summed E-state index contributed by atoms with van der Waals surface area (Å²) in [5.41, 5.74) is 7.13. The van der Waals surface area contributed by atoms with E-state index in [0.717, 1.165) is 39.0 Å². The van der Waals surface area contributed by atoms with Crippen LogP contribution in [0.3, 0.4) is 0 Å². The average Bonchev–Trinajstić information content (AvgIpc) is 2.85. The molecule has 0 saturated carbocycles. The Labute approximate surface area is 120 Å².